The van der Waals surface area contributed by atoms with Gasteiger partial charge in [-0.2, -0.15) is 13.2 Å². The lowest BCUT2D eigenvalue weighted by atomic mass is 9.83. The second-order valence-electron chi connectivity index (χ2n) is 6.02. The third-order valence-corrected chi connectivity index (χ3v) is 6.05. The second kappa shape index (κ2) is 5.35. The number of halogens is 3. The third kappa shape index (κ3) is 2.44. The first kappa shape index (κ1) is 17.0. The van der Waals surface area contributed by atoms with E-state index in [9.17, 15) is 26.7 Å². The normalized spacial score (nSPS) is 21.5. The highest BCUT2D eigenvalue weighted by Gasteiger charge is 2.58. The molecule has 1 atom stereocenters. The molecular weight excluding hydrogens is 343 g/mol. The molecular formula is C16H16F3NO3S. The molecule has 1 N–H and O–H groups in total. The Morgan fingerprint density at radius 3 is 2.38 bits per heavy atom. The summed E-state index contributed by atoms with van der Waals surface area (Å²) >= 11 is 0. The van der Waals surface area contributed by atoms with E-state index >= 15 is 0 Å². The molecule has 4 nitrogen and oxygen atoms in total. The van der Waals surface area contributed by atoms with Crippen LogP contribution in [0.3, 0.4) is 0 Å². The number of hydrogen-bond donors (Lipinski definition) is 1. The molecule has 1 unspecified atom stereocenters. The van der Waals surface area contributed by atoms with Crippen molar-refractivity contribution in [2.45, 2.75) is 42.9 Å². The van der Waals surface area contributed by atoms with Gasteiger partial charge < -0.3 is 5.11 Å². The zero-order valence-corrected chi connectivity index (χ0v) is 13.7. The number of benzene rings is 1. The Bertz CT molecular complexity index is 869. The maximum absolute atomic E-state index is 13.4. The summed E-state index contributed by atoms with van der Waals surface area (Å²) < 4.78 is 66.5. The molecule has 0 bridgehead atoms. The summed E-state index contributed by atoms with van der Waals surface area (Å²) in [4.78, 5) is -0.124. The van der Waals surface area contributed by atoms with Gasteiger partial charge in [-0.05, 0) is 49.9 Å². The highest BCUT2D eigenvalue weighted by molar-refractivity contribution is 7.90. The molecule has 0 spiro atoms. The van der Waals surface area contributed by atoms with Gasteiger partial charge in [-0.1, -0.05) is 17.7 Å². The van der Waals surface area contributed by atoms with Crippen molar-refractivity contribution in [2.24, 2.45) is 0 Å². The minimum absolute atomic E-state index is 0.124. The molecule has 0 fully saturated rings. The van der Waals surface area contributed by atoms with Crippen LogP contribution >= 0.6 is 0 Å². The lowest BCUT2D eigenvalue weighted by Crippen LogP contribution is -2.46. The van der Waals surface area contributed by atoms with Crippen LogP contribution in [0.15, 0.2) is 41.4 Å². The average Bonchev–Trinajstić information content (AvgIpc) is 2.93. The van der Waals surface area contributed by atoms with E-state index in [2.05, 4.69) is 0 Å². The molecule has 1 aliphatic carbocycles. The summed E-state index contributed by atoms with van der Waals surface area (Å²) in [7, 11) is -4.23. The molecule has 130 valence electrons. The van der Waals surface area contributed by atoms with Crippen LogP contribution in [0, 0.1) is 6.92 Å². The van der Waals surface area contributed by atoms with Crippen LogP contribution in [0.4, 0.5) is 13.2 Å². The number of nitrogens with zero attached hydrogens (tertiary/aromatic N) is 1. The zero-order valence-electron chi connectivity index (χ0n) is 12.8. The Kier molecular flexibility index (Phi) is 3.80. The molecule has 2 aromatic rings. The minimum Gasteiger partial charge on any atom is -0.375 e. The highest BCUT2D eigenvalue weighted by atomic mass is 32.2. The predicted molar refractivity (Wildman–Crippen MR) is 81.1 cm³/mol. The van der Waals surface area contributed by atoms with E-state index < -0.39 is 33.9 Å². The van der Waals surface area contributed by atoms with E-state index in [4.69, 9.17) is 0 Å². The summed E-state index contributed by atoms with van der Waals surface area (Å²) in [6.45, 7) is 1.77. The number of aryl methyl sites for hydroxylation is 2. The van der Waals surface area contributed by atoms with E-state index in [-0.39, 0.29) is 16.9 Å². The largest absolute Gasteiger partial charge is 0.422 e. The average molecular weight is 359 g/mol. The van der Waals surface area contributed by atoms with Crippen LogP contribution < -0.4 is 0 Å². The van der Waals surface area contributed by atoms with Gasteiger partial charge in [-0.15, -0.1) is 0 Å². The van der Waals surface area contributed by atoms with Crippen LogP contribution in [0.2, 0.25) is 0 Å². The second-order valence-corrected chi connectivity index (χ2v) is 7.83. The summed E-state index contributed by atoms with van der Waals surface area (Å²) in [5.41, 5.74) is -2.73. The summed E-state index contributed by atoms with van der Waals surface area (Å²) in [6.07, 6.45) is -4.00. The van der Waals surface area contributed by atoms with Crippen molar-refractivity contribution < 1.29 is 26.7 Å². The number of hydrogen-bond acceptors (Lipinski definition) is 3. The van der Waals surface area contributed by atoms with Crippen molar-refractivity contribution in [1.82, 2.24) is 3.97 Å². The van der Waals surface area contributed by atoms with E-state index in [0.29, 0.717) is 10.4 Å². The molecule has 1 aromatic carbocycles. The maximum atomic E-state index is 13.4. The van der Waals surface area contributed by atoms with Crippen LogP contribution in [-0.2, 0) is 22.0 Å². The Morgan fingerprint density at radius 1 is 1.17 bits per heavy atom. The Morgan fingerprint density at radius 2 is 1.79 bits per heavy atom. The number of rotatable bonds is 2. The number of fused-ring (bicyclic) bond motifs is 1. The van der Waals surface area contributed by atoms with E-state index in [0.717, 1.165) is 11.8 Å². The van der Waals surface area contributed by atoms with Crippen molar-refractivity contribution in [1.29, 1.82) is 0 Å². The van der Waals surface area contributed by atoms with Crippen LogP contribution in [0.25, 0.3) is 0 Å². The maximum Gasteiger partial charge on any atom is 0.422 e. The van der Waals surface area contributed by atoms with Crippen LogP contribution in [0.1, 0.15) is 29.7 Å². The fourth-order valence-corrected chi connectivity index (χ4v) is 4.49. The quantitative estimate of drug-likeness (QED) is 0.896. The van der Waals surface area contributed by atoms with Gasteiger partial charge in [0.05, 0.1) is 10.6 Å². The Balaban J connectivity index is 2.22. The van der Waals surface area contributed by atoms with Gasteiger partial charge in [-0.25, -0.2) is 12.4 Å². The lowest BCUT2D eigenvalue weighted by Gasteiger charge is -2.35. The zero-order chi connectivity index (χ0) is 17.8. The summed E-state index contributed by atoms with van der Waals surface area (Å²) in [6, 6.07) is 7.15. The van der Waals surface area contributed by atoms with Gasteiger partial charge in [0, 0.05) is 6.20 Å². The van der Waals surface area contributed by atoms with Crippen molar-refractivity contribution in [2.75, 3.05) is 0 Å². The molecule has 1 heterocycles. The first-order valence-electron chi connectivity index (χ1n) is 7.39. The van der Waals surface area contributed by atoms with Gasteiger partial charge in [0.2, 0.25) is 5.60 Å². The van der Waals surface area contributed by atoms with Gasteiger partial charge >= 0.3 is 6.18 Å². The topological polar surface area (TPSA) is 59.3 Å². The van der Waals surface area contributed by atoms with Gasteiger partial charge in [0.25, 0.3) is 10.0 Å². The summed E-state index contributed by atoms with van der Waals surface area (Å²) in [5, 5.41) is 10.3. The molecule has 0 saturated carbocycles. The molecule has 0 radical (unpaired) electrons. The fraction of sp³-hybridized carbons (Fsp3) is 0.375. The van der Waals surface area contributed by atoms with Crippen molar-refractivity contribution >= 4 is 10.0 Å². The van der Waals surface area contributed by atoms with Gasteiger partial charge in [0.1, 0.15) is 0 Å². The van der Waals surface area contributed by atoms with Gasteiger partial charge in [0.15, 0.2) is 0 Å². The first-order chi connectivity index (χ1) is 11.1. The van der Waals surface area contributed by atoms with Crippen molar-refractivity contribution in [3.63, 3.8) is 0 Å². The minimum atomic E-state index is -4.96. The fourth-order valence-electron chi connectivity index (χ4n) is 3.06. The Hall–Kier alpha value is -1.80. The third-order valence-electron chi connectivity index (χ3n) is 4.36. The smallest absolute Gasteiger partial charge is 0.375 e. The molecule has 1 aromatic heterocycles. The predicted octanol–water partition coefficient (Wildman–Crippen LogP) is 3.12. The van der Waals surface area contributed by atoms with Gasteiger partial charge in [-0.3, -0.25) is 0 Å². The SMILES string of the molecule is Cc1ccc(S(=O)(=O)n2ccc3c2C(O)(C(F)(F)F)CCC3)cc1. The monoisotopic (exact) mass is 359 g/mol. The molecule has 3 rings (SSSR count). The molecule has 0 amide bonds. The van der Waals surface area contributed by atoms with Crippen LogP contribution in [0.5, 0.6) is 0 Å². The van der Waals surface area contributed by atoms with Crippen LogP contribution in [-0.4, -0.2) is 23.7 Å². The lowest BCUT2D eigenvalue weighted by molar-refractivity contribution is -0.273. The molecule has 0 saturated heterocycles. The number of aliphatic hydroxyl groups is 1. The Labute approximate surface area is 137 Å². The van der Waals surface area contributed by atoms with E-state index in [1.54, 1.807) is 19.1 Å². The van der Waals surface area contributed by atoms with Crippen molar-refractivity contribution in [3.05, 3.63) is 53.3 Å². The highest BCUT2D eigenvalue weighted by Crippen LogP contribution is 2.47. The molecule has 24 heavy (non-hydrogen) atoms. The van der Waals surface area contributed by atoms with E-state index in [1.165, 1.54) is 18.2 Å². The van der Waals surface area contributed by atoms with E-state index in [1.807, 2.05) is 0 Å². The molecule has 0 aliphatic heterocycles. The summed E-state index contributed by atoms with van der Waals surface area (Å²) in [5.74, 6) is 0. The molecule has 8 heteroatoms. The number of alkyl halides is 3. The standard InChI is InChI=1S/C16H16F3NO3S/c1-11-4-6-13(7-5-11)24(22,23)20-10-8-12-3-2-9-15(21,14(12)20)16(17,18)19/h4-8,10,21H,2-3,9H2,1H3. The molecule has 1 aliphatic rings. The number of aromatic nitrogens is 1. The first-order valence-corrected chi connectivity index (χ1v) is 8.83. The van der Waals surface area contributed by atoms with Crippen molar-refractivity contribution in [3.8, 4) is 0 Å².